The monoisotopic (exact) mass is 293 g/mol. The van der Waals surface area contributed by atoms with Gasteiger partial charge in [0.15, 0.2) is 0 Å². The fourth-order valence-corrected chi connectivity index (χ4v) is 4.40. The molecule has 0 bridgehead atoms. The molecule has 0 aromatic heterocycles. The second-order valence-corrected chi connectivity index (χ2v) is 7.01. The molecule has 0 radical (unpaired) electrons. The first-order chi connectivity index (χ1) is 9.74. The normalized spacial score (nSPS) is 17.9. The van der Waals surface area contributed by atoms with Crippen molar-refractivity contribution in [3.05, 3.63) is 29.3 Å². The van der Waals surface area contributed by atoms with Crippen molar-refractivity contribution < 1.29 is 4.74 Å². The molecule has 20 heavy (non-hydrogen) atoms. The first-order valence-corrected chi connectivity index (χ1v) is 8.73. The van der Waals surface area contributed by atoms with E-state index >= 15 is 0 Å². The minimum atomic E-state index is 0.372. The Morgan fingerprint density at radius 1 is 1.30 bits per heavy atom. The molecule has 1 unspecified atom stereocenters. The Morgan fingerprint density at radius 3 is 2.70 bits per heavy atom. The van der Waals surface area contributed by atoms with Gasteiger partial charge in [0.05, 0.1) is 7.11 Å². The summed E-state index contributed by atoms with van der Waals surface area (Å²) in [7, 11) is 3.81. The molecule has 1 atom stereocenters. The van der Waals surface area contributed by atoms with Crippen LogP contribution in [0.25, 0.3) is 0 Å². The molecule has 3 heteroatoms. The van der Waals surface area contributed by atoms with Crippen molar-refractivity contribution in [2.75, 3.05) is 19.9 Å². The van der Waals surface area contributed by atoms with E-state index in [0.29, 0.717) is 6.04 Å². The van der Waals surface area contributed by atoms with Crippen molar-refractivity contribution in [2.24, 2.45) is 0 Å². The van der Waals surface area contributed by atoms with Crippen LogP contribution in [-0.2, 0) is 0 Å². The van der Waals surface area contributed by atoms with Gasteiger partial charge in [-0.05, 0) is 32.9 Å². The van der Waals surface area contributed by atoms with Gasteiger partial charge in [-0.2, -0.15) is 11.8 Å². The average Bonchev–Trinajstić information content (AvgIpc) is 2.49. The minimum absolute atomic E-state index is 0.372. The summed E-state index contributed by atoms with van der Waals surface area (Å²) in [4.78, 5) is 0. The summed E-state index contributed by atoms with van der Waals surface area (Å²) in [5.41, 5.74) is 2.59. The summed E-state index contributed by atoms with van der Waals surface area (Å²) in [6.07, 6.45) is 7.04. The van der Waals surface area contributed by atoms with Gasteiger partial charge in [0, 0.05) is 22.6 Å². The van der Waals surface area contributed by atoms with Crippen molar-refractivity contribution in [3.8, 4) is 5.75 Å². The summed E-state index contributed by atoms with van der Waals surface area (Å²) < 4.78 is 5.53. The van der Waals surface area contributed by atoms with E-state index in [0.717, 1.165) is 16.8 Å². The highest BCUT2D eigenvalue weighted by Gasteiger charge is 2.19. The molecular weight excluding hydrogens is 266 g/mol. The lowest BCUT2D eigenvalue weighted by Crippen LogP contribution is -2.21. The molecule has 0 aliphatic heterocycles. The maximum Gasteiger partial charge on any atom is 0.123 e. The van der Waals surface area contributed by atoms with E-state index in [1.54, 1.807) is 7.11 Å². The number of aryl methyl sites for hydroxylation is 1. The van der Waals surface area contributed by atoms with Gasteiger partial charge in [-0.3, -0.25) is 0 Å². The summed E-state index contributed by atoms with van der Waals surface area (Å²) in [5.74, 6) is 2.13. The van der Waals surface area contributed by atoms with Crippen LogP contribution in [0.4, 0.5) is 0 Å². The number of ether oxygens (including phenoxy) is 1. The highest BCUT2D eigenvalue weighted by Crippen LogP contribution is 2.33. The van der Waals surface area contributed by atoms with Crippen LogP contribution in [0.3, 0.4) is 0 Å². The smallest absolute Gasteiger partial charge is 0.123 e. The lowest BCUT2D eigenvalue weighted by atomic mass is 10.0. The number of nitrogens with one attached hydrogen (secondary N) is 1. The Hall–Kier alpha value is -0.670. The summed E-state index contributed by atoms with van der Waals surface area (Å²) in [5, 5.41) is 4.32. The Labute approximate surface area is 127 Å². The standard InChI is InChI=1S/C17H27NOS/c1-13-9-10-17(19-3)15(11-13)16(18-2)12-20-14-7-5-4-6-8-14/h9-11,14,16,18H,4-8,12H2,1-3H3. The largest absolute Gasteiger partial charge is 0.496 e. The highest BCUT2D eigenvalue weighted by atomic mass is 32.2. The zero-order valence-electron chi connectivity index (χ0n) is 12.9. The van der Waals surface area contributed by atoms with Crippen molar-refractivity contribution >= 4 is 11.8 Å². The highest BCUT2D eigenvalue weighted by molar-refractivity contribution is 7.99. The van der Waals surface area contributed by atoms with E-state index < -0.39 is 0 Å². The first-order valence-electron chi connectivity index (χ1n) is 7.68. The molecule has 1 aliphatic rings. The second kappa shape index (κ2) is 7.94. The van der Waals surface area contributed by atoms with E-state index in [1.807, 2.05) is 7.05 Å². The fourth-order valence-electron chi connectivity index (χ4n) is 2.92. The van der Waals surface area contributed by atoms with Crippen LogP contribution in [-0.4, -0.2) is 25.2 Å². The Balaban J connectivity index is 2.01. The molecule has 1 aliphatic carbocycles. The second-order valence-electron chi connectivity index (χ2n) is 5.68. The molecule has 0 amide bonds. The van der Waals surface area contributed by atoms with Crippen LogP contribution in [0.15, 0.2) is 18.2 Å². The van der Waals surface area contributed by atoms with E-state index in [4.69, 9.17) is 4.74 Å². The van der Waals surface area contributed by atoms with E-state index in [-0.39, 0.29) is 0 Å². The number of rotatable bonds is 6. The number of benzene rings is 1. The quantitative estimate of drug-likeness (QED) is 0.843. The predicted molar refractivity (Wildman–Crippen MR) is 88.9 cm³/mol. The number of hydrogen-bond donors (Lipinski definition) is 1. The van der Waals surface area contributed by atoms with Crippen LogP contribution < -0.4 is 10.1 Å². The van der Waals surface area contributed by atoms with E-state index in [9.17, 15) is 0 Å². The fraction of sp³-hybridized carbons (Fsp3) is 0.647. The molecule has 1 aromatic carbocycles. The molecule has 0 spiro atoms. The predicted octanol–water partition coefficient (Wildman–Crippen LogP) is 4.33. The van der Waals surface area contributed by atoms with Gasteiger partial charge in [0.1, 0.15) is 5.75 Å². The molecule has 0 saturated heterocycles. The van der Waals surface area contributed by atoms with Crippen LogP contribution in [0.1, 0.15) is 49.3 Å². The third kappa shape index (κ3) is 4.16. The average molecular weight is 293 g/mol. The van der Waals surface area contributed by atoms with Gasteiger partial charge in [-0.15, -0.1) is 0 Å². The number of methoxy groups -OCH3 is 1. The molecule has 1 saturated carbocycles. The first kappa shape index (κ1) is 15.7. The zero-order chi connectivity index (χ0) is 14.4. The van der Waals surface area contributed by atoms with Gasteiger partial charge in [-0.25, -0.2) is 0 Å². The Kier molecular flexibility index (Phi) is 6.24. The summed E-state index contributed by atoms with van der Waals surface area (Å²) in [6.45, 7) is 2.14. The zero-order valence-corrected chi connectivity index (χ0v) is 13.8. The Morgan fingerprint density at radius 2 is 2.05 bits per heavy atom. The van der Waals surface area contributed by atoms with Gasteiger partial charge in [0.25, 0.3) is 0 Å². The van der Waals surface area contributed by atoms with Crippen molar-refractivity contribution in [1.29, 1.82) is 0 Å². The molecule has 2 rings (SSSR count). The molecule has 1 fully saturated rings. The van der Waals surface area contributed by atoms with Gasteiger partial charge >= 0.3 is 0 Å². The maximum atomic E-state index is 5.53. The van der Waals surface area contributed by atoms with Crippen LogP contribution in [0.5, 0.6) is 5.75 Å². The van der Waals surface area contributed by atoms with E-state index in [1.165, 1.54) is 43.2 Å². The lowest BCUT2D eigenvalue weighted by Gasteiger charge is -2.25. The molecule has 1 aromatic rings. The summed E-state index contributed by atoms with van der Waals surface area (Å²) in [6, 6.07) is 6.82. The third-order valence-corrected chi connectivity index (χ3v) is 5.63. The Bertz CT molecular complexity index is 415. The van der Waals surface area contributed by atoms with E-state index in [2.05, 4.69) is 42.2 Å². The SMILES string of the molecule is CNC(CSC1CCCCC1)c1cc(C)ccc1OC. The molecule has 2 nitrogen and oxygen atoms in total. The van der Waals surface area contributed by atoms with Crippen molar-refractivity contribution in [3.63, 3.8) is 0 Å². The van der Waals surface area contributed by atoms with Crippen LogP contribution in [0.2, 0.25) is 0 Å². The molecule has 112 valence electrons. The van der Waals surface area contributed by atoms with Gasteiger partial charge in [-0.1, -0.05) is 37.0 Å². The summed E-state index contributed by atoms with van der Waals surface area (Å²) >= 11 is 2.13. The van der Waals surface area contributed by atoms with Gasteiger partial charge in [0.2, 0.25) is 0 Å². The topological polar surface area (TPSA) is 21.3 Å². The van der Waals surface area contributed by atoms with Crippen molar-refractivity contribution in [1.82, 2.24) is 5.32 Å². The maximum absolute atomic E-state index is 5.53. The van der Waals surface area contributed by atoms with Crippen LogP contribution in [0, 0.1) is 6.92 Å². The minimum Gasteiger partial charge on any atom is -0.496 e. The molecular formula is C17H27NOS. The lowest BCUT2D eigenvalue weighted by molar-refractivity contribution is 0.404. The molecule has 1 N–H and O–H groups in total. The third-order valence-electron chi connectivity index (χ3n) is 4.16. The van der Waals surface area contributed by atoms with Crippen molar-refractivity contribution in [2.45, 2.75) is 50.3 Å². The number of hydrogen-bond acceptors (Lipinski definition) is 3. The van der Waals surface area contributed by atoms with Crippen LogP contribution >= 0.6 is 11.8 Å². The number of thioether (sulfide) groups is 1. The van der Waals surface area contributed by atoms with Gasteiger partial charge < -0.3 is 10.1 Å². The molecule has 0 heterocycles.